The van der Waals surface area contributed by atoms with Crippen molar-refractivity contribution in [3.8, 4) is 0 Å². The van der Waals surface area contributed by atoms with Crippen LogP contribution in [0.2, 0.25) is 0 Å². The van der Waals surface area contributed by atoms with Gasteiger partial charge in [-0.15, -0.1) is 0 Å². The van der Waals surface area contributed by atoms with E-state index in [1.807, 2.05) is 30.3 Å². The van der Waals surface area contributed by atoms with Gasteiger partial charge in [0.15, 0.2) is 12.3 Å². The Bertz CT molecular complexity index is 458. The number of alkyl halides is 2. The van der Waals surface area contributed by atoms with E-state index in [1.165, 1.54) is 11.9 Å². The number of aliphatic hydroxyl groups is 1. The number of amides is 1. The standard InChI is InChI=1S/C14H18F2N2O2/c1-17-14(20)13-12(16)11(15)10(19)8-18(13)7-9-5-3-2-4-6-9/h2-6,10-13,19H,7-8H2,1H3,(H,17,20)/t10-,11+,12+,13+/m1/s1. The molecule has 0 bridgehead atoms. The van der Waals surface area contributed by atoms with Gasteiger partial charge in [-0.1, -0.05) is 30.3 Å². The van der Waals surface area contributed by atoms with Crippen molar-refractivity contribution in [1.29, 1.82) is 0 Å². The number of rotatable bonds is 3. The Hall–Kier alpha value is -1.53. The summed E-state index contributed by atoms with van der Waals surface area (Å²) >= 11 is 0. The van der Waals surface area contributed by atoms with E-state index in [0.29, 0.717) is 0 Å². The van der Waals surface area contributed by atoms with E-state index in [4.69, 9.17) is 0 Å². The molecular weight excluding hydrogens is 266 g/mol. The van der Waals surface area contributed by atoms with Crippen LogP contribution in [0.15, 0.2) is 30.3 Å². The highest BCUT2D eigenvalue weighted by Crippen LogP contribution is 2.25. The molecule has 1 amide bonds. The van der Waals surface area contributed by atoms with E-state index >= 15 is 0 Å². The van der Waals surface area contributed by atoms with Crippen LogP contribution in [0.25, 0.3) is 0 Å². The van der Waals surface area contributed by atoms with Crippen molar-refractivity contribution in [1.82, 2.24) is 10.2 Å². The maximum absolute atomic E-state index is 14.0. The molecule has 1 saturated heterocycles. The lowest BCUT2D eigenvalue weighted by atomic mass is 9.94. The number of likely N-dealkylation sites (tertiary alicyclic amines) is 1. The fourth-order valence-corrected chi connectivity index (χ4v) is 2.48. The zero-order valence-electron chi connectivity index (χ0n) is 11.2. The quantitative estimate of drug-likeness (QED) is 0.857. The molecule has 6 heteroatoms. The molecule has 2 N–H and O–H groups in total. The number of piperidine rings is 1. The fraction of sp³-hybridized carbons (Fsp3) is 0.500. The number of carbonyl (C=O) groups excluding carboxylic acids is 1. The third-order valence-corrected chi connectivity index (χ3v) is 3.53. The number of nitrogens with one attached hydrogen (secondary N) is 1. The van der Waals surface area contributed by atoms with Gasteiger partial charge in [-0.25, -0.2) is 8.78 Å². The molecule has 0 radical (unpaired) electrons. The largest absolute Gasteiger partial charge is 0.389 e. The number of likely N-dealkylation sites (N-methyl/N-ethyl adjacent to an activating group) is 1. The minimum absolute atomic E-state index is 0.0748. The van der Waals surface area contributed by atoms with Gasteiger partial charge in [-0.3, -0.25) is 9.69 Å². The molecule has 0 aromatic heterocycles. The van der Waals surface area contributed by atoms with Crippen LogP contribution in [0, 0.1) is 0 Å². The van der Waals surface area contributed by atoms with Gasteiger partial charge in [0, 0.05) is 20.1 Å². The van der Waals surface area contributed by atoms with Gasteiger partial charge in [-0.2, -0.15) is 0 Å². The average molecular weight is 284 g/mol. The number of β-amino-alcohol motifs (C(OH)–C–C–N with tert-alkyl or cyclic N) is 1. The SMILES string of the molecule is CNC(=O)[C@@H]1[C@@H](F)[C@@H](F)[C@H](O)CN1Cc1ccccc1. The van der Waals surface area contributed by atoms with Crippen molar-refractivity contribution in [3.05, 3.63) is 35.9 Å². The third kappa shape index (κ3) is 2.96. The molecule has 0 saturated carbocycles. The molecule has 4 nitrogen and oxygen atoms in total. The highest BCUT2D eigenvalue weighted by atomic mass is 19.2. The summed E-state index contributed by atoms with van der Waals surface area (Å²) in [7, 11) is 1.38. The molecule has 4 atom stereocenters. The van der Waals surface area contributed by atoms with Gasteiger partial charge in [0.2, 0.25) is 5.91 Å². The Morgan fingerprint density at radius 3 is 2.60 bits per heavy atom. The summed E-state index contributed by atoms with van der Waals surface area (Å²) in [5.74, 6) is -0.581. The zero-order valence-corrected chi connectivity index (χ0v) is 11.2. The summed E-state index contributed by atoms with van der Waals surface area (Å²) in [6, 6.07) is 7.95. The highest BCUT2D eigenvalue weighted by Gasteiger charge is 2.47. The fourth-order valence-electron chi connectivity index (χ4n) is 2.48. The van der Waals surface area contributed by atoms with Crippen molar-refractivity contribution in [3.63, 3.8) is 0 Å². The second-order valence-electron chi connectivity index (χ2n) is 4.93. The minimum Gasteiger partial charge on any atom is -0.389 e. The van der Waals surface area contributed by atoms with Gasteiger partial charge in [0.05, 0.1) is 0 Å². The van der Waals surface area contributed by atoms with Crippen molar-refractivity contribution < 1.29 is 18.7 Å². The molecule has 1 aliphatic heterocycles. The van der Waals surface area contributed by atoms with Crippen molar-refractivity contribution >= 4 is 5.91 Å². The monoisotopic (exact) mass is 284 g/mol. The van der Waals surface area contributed by atoms with Crippen LogP contribution in [0.1, 0.15) is 5.56 Å². The van der Waals surface area contributed by atoms with E-state index in [1.54, 1.807) is 0 Å². The van der Waals surface area contributed by atoms with Gasteiger partial charge in [-0.05, 0) is 5.56 Å². The smallest absolute Gasteiger partial charge is 0.240 e. The Kier molecular flexibility index (Phi) is 4.67. The summed E-state index contributed by atoms with van der Waals surface area (Å²) in [6.07, 6.45) is -5.50. The highest BCUT2D eigenvalue weighted by molar-refractivity contribution is 5.82. The van der Waals surface area contributed by atoms with E-state index in [0.717, 1.165) is 5.56 Å². The number of aliphatic hydroxyl groups excluding tert-OH is 1. The summed E-state index contributed by atoms with van der Waals surface area (Å²) in [6.45, 7) is 0.206. The second-order valence-corrected chi connectivity index (χ2v) is 4.93. The van der Waals surface area contributed by atoms with E-state index < -0.39 is 30.4 Å². The number of hydrogen-bond acceptors (Lipinski definition) is 3. The maximum Gasteiger partial charge on any atom is 0.240 e. The van der Waals surface area contributed by atoms with Crippen molar-refractivity contribution in [2.45, 2.75) is 31.0 Å². The number of benzene rings is 1. The molecule has 0 spiro atoms. The van der Waals surface area contributed by atoms with E-state index in [-0.39, 0.29) is 13.1 Å². The minimum atomic E-state index is -2.04. The number of hydrogen-bond donors (Lipinski definition) is 2. The molecule has 1 aliphatic rings. The topological polar surface area (TPSA) is 52.6 Å². The second kappa shape index (κ2) is 6.28. The molecular formula is C14H18F2N2O2. The van der Waals surface area contributed by atoms with Crippen LogP contribution in [0.3, 0.4) is 0 Å². The first-order valence-corrected chi connectivity index (χ1v) is 6.50. The average Bonchev–Trinajstić information content (AvgIpc) is 2.45. The Morgan fingerprint density at radius 2 is 2.00 bits per heavy atom. The molecule has 1 heterocycles. The number of carbonyl (C=O) groups is 1. The zero-order chi connectivity index (χ0) is 14.7. The first kappa shape index (κ1) is 14.9. The molecule has 1 aromatic rings. The maximum atomic E-state index is 14.0. The summed E-state index contributed by atoms with van der Waals surface area (Å²) in [4.78, 5) is 13.3. The van der Waals surface area contributed by atoms with Crippen molar-refractivity contribution in [2.24, 2.45) is 0 Å². The van der Waals surface area contributed by atoms with Crippen molar-refractivity contribution in [2.75, 3.05) is 13.6 Å². The predicted octanol–water partition coefficient (Wildman–Crippen LogP) is 0.654. The first-order chi connectivity index (χ1) is 9.54. The summed E-state index contributed by atoms with van der Waals surface area (Å²) in [5, 5.41) is 11.9. The lowest BCUT2D eigenvalue weighted by molar-refractivity contribution is -0.139. The van der Waals surface area contributed by atoms with Crippen LogP contribution in [-0.4, -0.2) is 54.0 Å². The Labute approximate surface area is 116 Å². The van der Waals surface area contributed by atoms with E-state index in [9.17, 15) is 18.7 Å². The molecule has 2 rings (SSSR count). The molecule has 0 aliphatic carbocycles. The normalized spacial score (nSPS) is 31.0. The van der Waals surface area contributed by atoms with Crippen LogP contribution in [0.5, 0.6) is 0 Å². The molecule has 0 unspecified atom stereocenters. The lowest BCUT2D eigenvalue weighted by Crippen LogP contribution is -2.62. The van der Waals surface area contributed by atoms with Crippen LogP contribution in [-0.2, 0) is 11.3 Å². The van der Waals surface area contributed by atoms with Gasteiger partial charge < -0.3 is 10.4 Å². The van der Waals surface area contributed by atoms with E-state index in [2.05, 4.69) is 5.32 Å². The van der Waals surface area contributed by atoms with Crippen LogP contribution in [0.4, 0.5) is 8.78 Å². The van der Waals surface area contributed by atoms with Crippen LogP contribution >= 0.6 is 0 Å². The Morgan fingerprint density at radius 1 is 1.35 bits per heavy atom. The first-order valence-electron chi connectivity index (χ1n) is 6.50. The number of nitrogens with zero attached hydrogens (tertiary/aromatic N) is 1. The molecule has 1 aromatic carbocycles. The molecule has 110 valence electrons. The number of halogens is 2. The molecule has 20 heavy (non-hydrogen) atoms. The summed E-state index contributed by atoms with van der Waals surface area (Å²) < 4.78 is 27.6. The van der Waals surface area contributed by atoms with Gasteiger partial charge in [0.1, 0.15) is 12.1 Å². The lowest BCUT2D eigenvalue weighted by Gasteiger charge is -2.40. The summed E-state index contributed by atoms with van der Waals surface area (Å²) in [5.41, 5.74) is 0.873. The Balaban J connectivity index is 2.20. The predicted molar refractivity (Wildman–Crippen MR) is 70.5 cm³/mol. The van der Waals surface area contributed by atoms with Gasteiger partial charge in [0.25, 0.3) is 0 Å². The van der Waals surface area contributed by atoms with Crippen LogP contribution < -0.4 is 5.32 Å². The van der Waals surface area contributed by atoms with Gasteiger partial charge >= 0.3 is 0 Å². The molecule has 1 fully saturated rings. The third-order valence-electron chi connectivity index (χ3n) is 3.53.